The van der Waals surface area contributed by atoms with Gasteiger partial charge in [-0.15, -0.1) is 12.4 Å². The maximum atomic E-state index is 12.9. The highest BCUT2D eigenvalue weighted by atomic mass is 79.9. The van der Waals surface area contributed by atoms with Crippen LogP contribution in [0.2, 0.25) is 0 Å². The molecule has 0 radical (unpaired) electrons. The van der Waals surface area contributed by atoms with Crippen molar-refractivity contribution in [3.05, 3.63) is 16.6 Å². The summed E-state index contributed by atoms with van der Waals surface area (Å²) in [4.78, 5) is 0.220. The number of sulfonamides is 1. The Kier molecular flexibility index (Phi) is 5.84. The van der Waals surface area contributed by atoms with Gasteiger partial charge in [0, 0.05) is 23.6 Å². The van der Waals surface area contributed by atoms with Gasteiger partial charge in [0.25, 0.3) is 0 Å². The van der Waals surface area contributed by atoms with Crippen LogP contribution < -0.4 is 14.8 Å². The molecule has 0 bridgehead atoms. The fourth-order valence-corrected chi connectivity index (χ4v) is 5.73. The second-order valence-electron chi connectivity index (χ2n) is 5.64. The summed E-state index contributed by atoms with van der Waals surface area (Å²) in [5.74, 6) is 1.73. The number of halogens is 2. The first-order valence-corrected chi connectivity index (χ1v) is 9.33. The van der Waals surface area contributed by atoms with Gasteiger partial charge in [-0.2, -0.15) is 4.31 Å². The maximum Gasteiger partial charge on any atom is 0.244 e. The summed E-state index contributed by atoms with van der Waals surface area (Å²) in [5, 5.41) is 3.31. The van der Waals surface area contributed by atoms with E-state index < -0.39 is 10.0 Å². The first-order valence-electron chi connectivity index (χ1n) is 7.09. The Balaban J connectivity index is 0.00000192. The number of ether oxygens (including phenoxy) is 2. The standard InChI is InChI=1S/C14H19BrN2O4S.ClH/c1-20-12-3-11(15)14(4-13(12)21-2)22(18,19)17-7-9-5-16-6-10(9)8-17;/h3-4,9-10,16H,5-8H2,1-2H3;1H/t9-,10+;. The zero-order valence-electron chi connectivity index (χ0n) is 12.9. The maximum absolute atomic E-state index is 12.9. The highest BCUT2D eigenvalue weighted by Gasteiger charge is 2.42. The summed E-state index contributed by atoms with van der Waals surface area (Å²) >= 11 is 3.34. The molecule has 2 saturated heterocycles. The summed E-state index contributed by atoms with van der Waals surface area (Å²) in [6.45, 7) is 2.93. The van der Waals surface area contributed by atoms with E-state index in [1.54, 1.807) is 10.4 Å². The van der Waals surface area contributed by atoms with Crippen LogP contribution in [-0.2, 0) is 10.0 Å². The molecule has 1 N–H and O–H groups in total. The highest BCUT2D eigenvalue weighted by molar-refractivity contribution is 9.10. The molecule has 2 heterocycles. The fourth-order valence-electron chi connectivity index (χ4n) is 3.18. The van der Waals surface area contributed by atoms with Gasteiger partial charge < -0.3 is 14.8 Å². The van der Waals surface area contributed by atoms with Crippen molar-refractivity contribution < 1.29 is 17.9 Å². The van der Waals surface area contributed by atoms with Crippen molar-refractivity contribution >= 4 is 38.4 Å². The SMILES string of the molecule is COc1cc(Br)c(S(=O)(=O)N2C[C@H]3CNC[C@H]3C2)cc1OC.Cl. The smallest absolute Gasteiger partial charge is 0.244 e. The topological polar surface area (TPSA) is 67.9 Å². The van der Waals surface area contributed by atoms with Crippen molar-refractivity contribution in [3.63, 3.8) is 0 Å². The van der Waals surface area contributed by atoms with Crippen molar-refractivity contribution in [1.82, 2.24) is 9.62 Å². The summed E-state index contributed by atoms with van der Waals surface area (Å²) in [7, 11) is -0.531. The molecule has 0 aliphatic carbocycles. The molecule has 0 aromatic heterocycles. The van der Waals surface area contributed by atoms with E-state index in [1.165, 1.54) is 20.3 Å². The minimum atomic E-state index is -3.55. The highest BCUT2D eigenvalue weighted by Crippen LogP contribution is 2.38. The predicted octanol–water partition coefficient (Wildman–Crippen LogP) is 1.73. The Hall–Kier alpha value is -0.540. The van der Waals surface area contributed by atoms with Crippen molar-refractivity contribution in [3.8, 4) is 11.5 Å². The third-order valence-electron chi connectivity index (χ3n) is 4.41. The first-order chi connectivity index (χ1) is 10.5. The molecule has 130 valence electrons. The van der Waals surface area contributed by atoms with Crippen molar-refractivity contribution in [2.75, 3.05) is 40.4 Å². The second kappa shape index (κ2) is 7.14. The number of hydrogen-bond acceptors (Lipinski definition) is 5. The third-order valence-corrected chi connectivity index (χ3v) is 7.20. The minimum Gasteiger partial charge on any atom is -0.493 e. The van der Waals surface area contributed by atoms with Crippen LogP contribution in [0.4, 0.5) is 0 Å². The molecule has 2 aliphatic rings. The minimum absolute atomic E-state index is 0. The molecule has 1 aromatic carbocycles. The monoisotopic (exact) mass is 426 g/mol. The van der Waals surface area contributed by atoms with Crippen LogP contribution in [0, 0.1) is 11.8 Å². The Morgan fingerprint density at radius 3 is 2.17 bits per heavy atom. The van der Waals surface area contributed by atoms with E-state index in [0.29, 0.717) is 40.9 Å². The van der Waals surface area contributed by atoms with Crippen molar-refractivity contribution in [2.45, 2.75) is 4.90 Å². The van der Waals surface area contributed by atoms with Gasteiger partial charge >= 0.3 is 0 Å². The molecule has 0 amide bonds. The second-order valence-corrected chi connectivity index (χ2v) is 8.40. The lowest BCUT2D eigenvalue weighted by Gasteiger charge is -2.19. The zero-order valence-corrected chi connectivity index (χ0v) is 16.1. The molecular weight excluding hydrogens is 408 g/mol. The number of fused-ring (bicyclic) bond motifs is 1. The van der Waals surface area contributed by atoms with Crippen LogP contribution in [0.25, 0.3) is 0 Å². The summed E-state index contributed by atoms with van der Waals surface area (Å²) in [5.41, 5.74) is 0. The van der Waals surface area contributed by atoms with E-state index in [-0.39, 0.29) is 17.3 Å². The van der Waals surface area contributed by atoms with Crippen LogP contribution in [0.15, 0.2) is 21.5 Å². The van der Waals surface area contributed by atoms with Crippen LogP contribution in [0.3, 0.4) is 0 Å². The number of rotatable bonds is 4. The molecular formula is C14H20BrClN2O4S. The summed E-state index contributed by atoms with van der Waals surface area (Å²) in [6.07, 6.45) is 0. The van der Waals surface area contributed by atoms with E-state index in [2.05, 4.69) is 21.2 Å². The van der Waals surface area contributed by atoms with Crippen molar-refractivity contribution in [2.24, 2.45) is 11.8 Å². The number of methoxy groups -OCH3 is 2. The molecule has 3 rings (SSSR count). The van der Waals surface area contributed by atoms with E-state index in [1.807, 2.05) is 0 Å². The number of nitrogens with zero attached hydrogens (tertiary/aromatic N) is 1. The van der Waals surface area contributed by atoms with Gasteiger partial charge in [-0.1, -0.05) is 0 Å². The summed E-state index contributed by atoms with van der Waals surface area (Å²) in [6, 6.07) is 3.15. The van der Waals surface area contributed by atoms with Gasteiger partial charge in [0.2, 0.25) is 10.0 Å². The van der Waals surface area contributed by atoms with E-state index >= 15 is 0 Å². The number of hydrogen-bond donors (Lipinski definition) is 1. The predicted molar refractivity (Wildman–Crippen MR) is 93.1 cm³/mol. The quantitative estimate of drug-likeness (QED) is 0.792. The molecule has 23 heavy (non-hydrogen) atoms. The first kappa shape index (κ1) is 18.8. The summed E-state index contributed by atoms with van der Waals surface area (Å²) < 4.78 is 38.4. The molecule has 1 aromatic rings. The van der Waals surface area contributed by atoms with E-state index in [9.17, 15) is 8.42 Å². The van der Waals surface area contributed by atoms with Crippen molar-refractivity contribution in [1.29, 1.82) is 0 Å². The van der Waals surface area contributed by atoms with Gasteiger partial charge in [0.1, 0.15) is 4.90 Å². The molecule has 2 atom stereocenters. The van der Waals surface area contributed by atoms with Gasteiger partial charge in [0.05, 0.1) is 14.2 Å². The van der Waals surface area contributed by atoms with E-state index in [4.69, 9.17) is 9.47 Å². The normalized spacial score (nSPS) is 24.1. The molecule has 2 fully saturated rings. The molecule has 0 saturated carbocycles. The lowest BCUT2D eigenvalue weighted by molar-refractivity contribution is 0.353. The van der Waals surface area contributed by atoms with Crippen LogP contribution >= 0.6 is 28.3 Å². The Morgan fingerprint density at radius 2 is 1.65 bits per heavy atom. The van der Waals surface area contributed by atoms with Gasteiger partial charge in [-0.25, -0.2) is 8.42 Å². The Morgan fingerprint density at radius 1 is 1.13 bits per heavy atom. The fraction of sp³-hybridized carbons (Fsp3) is 0.571. The van der Waals surface area contributed by atoms with Gasteiger partial charge in [-0.05, 0) is 46.9 Å². The average molecular weight is 428 g/mol. The molecule has 6 nitrogen and oxygen atoms in total. The zero-order chi connectivity index (χ0) is 15.9. The molecule has 0 spiro atoms. The molecule has 0 unspecified atom stereocenters. The van der Waals surface area contributed by atoms with Gasteiger partial charge in [0.15, 0.2) is 11.5 Å². The van der Waals surface area contributed by atoms with Crippen LogP contribution in [0.5, 0.6) is 11.5 Å². The van der Waals surface area contributed by atoms with E-state index in [0.717, 1.165) is 13.1 Å². The third kappa shape index (κ3) is 3.32. The number of benzene rings is 1. The molecule has 2 aliphatic heterocycles. The van der Waals surface area contributed by atoms with Crippen LogP contribution in [0.1, 0.15) is 0 Å². The Bertz CT molecular complexity index is 674. The van der Waals surface area contributed by atoms with Crippen LogP contribution in [-0.4, -0.2) is 53.1 Å². The average Bonchev–Trinajstić information content (AvgIpc) is 3.08. The van der Waals surface area contributed by atoms with Gasteiger partial charge in [-0.3, -0.25) is 0 Å². The lowest BCUT2D eigenvalue weighted by atomic mass is 10.0. The number of nitrogens with one attached hydrogen (secondary N) is 1. The molecule has 9 heteroatoms. The largest absolute Gasteiger partial charge is 0.493 e. The lowest BCUT2D eigenvalue weighted by Crippen LogP contribution is -2.32. The Labute approximate surface area is 151 Å².